The Hall–Kier alpha value is -1.41. The summed E-state index contributed by atoms with van der Waals surface area (Å²) in [5, 5.41) is 13.8. The maximum Gasteiger partial charge on any atom is 0.138 e. The molecule has 0 spiro atoms. The van der Waals surface area contributed by atoms with Crippen molar-refractivity contribution in [1.29, 1.82) is 5.26 Å². The van der Waals surface area contributed by atoms with E-state index in [4.69, 9.17) is 4.74 Å². The molecule has 18 heavy (non-hydrogen) atoms. The van der Waals surface area contributed by atoms with Crippen molar-refractivity contribution in [2.45, 2.75) is 57.8 Å². The molecule has 3 heterocycles. The van der Waals surface area contributed by atoms with Crippen LogP contribution in [0.3, 0.4) is 0 Å². The second-order valence-electron chi connectivity index (χ2n) is 5.69. The first-order valence-electron chi connectivity index (χ1n) is 6.60. The summed E-state index contributed by atoms with van der Waals surface area (Å²) in [6, 6.07) is 2.78. The third-order valence-electron chi connectivity index (χ3n) is 4.15. The Bertz CT molecular complexity index is 489. The molecule has 1 aromatic heterocycles. The van der Waals surface area contributed by atoms with Gasteiger partial charge in [0.05, 0.1) is 23.7 Å². The highest BCUT2D eigenvalue weighted by Gasteiger charge is 2.53. The quantitative estimate of drug-likeness (QED) is 0.816. The van der Waals surface area contributed by atoms with E-state index in [1.165, 1.54) is 0 Å². The lowest BCUT2D eigenvalue weighted by Gasteiger charge is -2.28. The molecule has 0 saturated carbocycles. The second kappa shape index (κ2) is 4.06. The number of fused-ring (bicyclic) bond motifs is 2. The Morgan fingerprint density at radius 3 is 3.00 bits per heavy atom. The molecular formula is C13H18N4O. The molecule has 0 amide bonds. The van der Waals surface area contributed by atoms with Crippen LogP contribution in [0, 0.1) is 16.7 Å². The van der Waals surface area contributed by atoms with Crippen LogP contribution in [0.25, 0.3) is 0 Å². The van der Waals surface area contributed by atoms with Crippen LogP contribution in [0.5, 0.6) is 0 Å². The van der Waals surface area contributed by atoms with Gasteiger partial charge in [-0.05, 0) is 33.1 Å². The van der Waals surface area contributed by atoms with Crippen molar-refractivity contribution in [2.24, 2.45) is 5.41 Å². The number of hydrogen-bond acceptors (Lipinski definition) is 4. The van der Waals surface area contributed by atoms with Gasteiger partial charge < -0.3 is 4.74 Å². The molecule has 5 nitrogen and oxygen atoms in total. The van der Waals surface area contributed by atoms with E-state index in [0.29, 0.717) is 6.42 Å². The van der Waals surface area contributed by atoms with Crippen molar-refractivity contribution in [3.8, 4) is 6.07 Å². The monoisotopic (exact) mass is 246 g/mol. The third kappa shape index (κ3) is 1.64. The van der Waals surface area contributed by atoms with Gasteiger partial charge in [-0.1, -0.05) is 0 Å². The molecule has 5 heteroatoms. The number of hydrogen-bond donors (Lipinski definition) is 0. The zero-order valence-electron chi connectivity index (χ0n) is 10.8. The van der Waals surface area contributed by atoms with Crippen LogP contribution in [0.15, 0.2) is 6.33 Å². The lowest BCUT2D eigenvalue weighted by atomic mass is 9.72. The minimum atomic E-state index is -0.386. The Kier molecular flexibility index (Phi) is 2.63. The van der Waals surface area contributed by atoms with Crippen LogP contribution in [0.2, 0.25) is 0 Å². The minimum Gasteiger partial charge on any atom is -0.373 e. The van der Waals surface area contributed by atoms with Crippen molar-refractivity contribution in [1.82, 2.24) is 14.8 Å². The Balaban J connectivity index is 1.87. The fraction of sp³-hybridized carbons (Fsp3) is 0.769. The van der Waals surface area contributed by atoms with Crippen molar-refractivity contribution in [2.75, 3.05) is 0 Å². The second-order valence-corrected chi connectivity index (χ2v) is 5.69. The lowest BCUT2D eigenvalue weighted by molar-refractivity contribution is 0.0778. The summed E-state index contributed by atoms with van der Waals surface area (Å²) < 4.78 is 7.76. The van der Waals surface area contributed by atoms with Gasteiger partial charge in [0.25, 0.3) is 0 Å². The van der Waals surface area contributed by atoms with E-state index in [-0.39, 0.29) is 23.7 Å². The largest absolute Gasteiger partial charge is 0.373 e. The minimum absolute atomic E-state index is 0.0878. The molecule has 0 aromatic carbocycles. The van der Waals surface area contributed by atoms with E-state index in [0.717, 1.165) is 25.1 Å². The molecule has 3 unspecified atom stereocenters. The highest BCUT2D eigenvalue weighted by Crippen LogP contribution is 2.49. The van der Waals surface area contributed by atoms with E-state index >= 15 is 0 Å². The Labute approximate surface area is 107 Å². The molecule has 2 bridgehead atoms. The zero-order chi connectivity index (χ0) is 12.8. The first-order valence-corrected chi connectivity index (χ1v) is 6.60. The highest BCUT2D eigenvalue weighted by molar-refractivity contribution is 5.16. The molecule has 2 aliphatic rings. The molecular weight excluding hydrogens is 228 g/mol. The average Bonchev–Trinajstić information content (AvgIpc) is 3.03. The van der Waals surface area contributed by atoms with E-state index in [1.54, 1.807) is 6.33 Å². The molecule has 2 aliphatic heterocycles. The molecule has 0 N–H and O–H groups in total. The maximum atomic E-state index is 9.58. The fourth-order valence-corrected chi connectivity index (χ4v) is 3.26. The molecule has 0 radical (unpaired) electrons. The van der Waals surface area contributed by atoms with E-state index in [2.05, 4.69) is 30.0 Å². The van der Waals surface area contributed by atoms with Gasteiger partial charge in [-0.15, -0.1) is 0 Å². The molecule has 1 aromatic rings. The summed E-state index contributed by atoms with van der Waals surface area (Å²) in [7, 11) is 0. The summed E-state index contributed by atoms with van der Waals surface area (Å²) in [6.45, 7) is 4.16. The summed E-state index contributed by atoms with van der Waals surface area (Å²) in [6.07, 6.45) is 5.56. The van der Waals surface area contributed by atoms with Crippen molar-refractivity contribution >= 4 is 0 Å². The summed E-state index contributed by atoms with van der Waals surface area (Å²) >= 11 is 0. The first kappa shape index (κ1) is 11.7. The number of aromatic nitrogens is 3. The molecule has 2 fully saturated rings. The summed E-state index contributed by atoms with van der Waals surface area (Å²) in [5.74, 6) is 0.905. The van der Waals surface area contributed by atoms with Gasteiger partial charge in [-0.2, -0.15) is 10.4 Å². The summed E-state index contributed by atoms with van der Waals surface area (Å²) in [4.78, 5) is 4.32. The number of ether oxygens (including phenoxy) is 1. The van der Waals surface area contributed by atoms with Crippen molar-refractivity contribution < 1.29 is 4.74 Å². The van der Waals surface area contributed by atoms with Crippen molar-refractivity contribution in [3.63, 3.8) is 0 Å². The Morgan fingerprint density at radius 2 is 2.44 bits per heavy atom. The van der Waals surface area contributed by atoms with Gasteiger partial charge in [-0.3, -0.25) is 0 Å². The third-order valence-corrected chi connectivity index (χ3v) is 4.15. The number of nitrogens with zero attached hydrogens (tertiary/aromatic N) is 4. The summed E-state index contributed by atoms with van der Waals surface area (Å²) in [5.41, 5.74) is -0.386. The number of nitriles is 1. The smallest absolute Gasteiger partial charge is 0.138 e. The average molecular weight is 246 g/mol. The van der Waals surface area contributed by atoms with Crippen LogP contribution in [-0.4, -0.2) is 27.0 Å². The number of rotatable bonds is 3. The van der Waals surface area contributed by atoms with Gasteiger partial charge in [0.2, 0.25) is 0 Å². The van der Waals surface area contributed by atoms with E-state index in [1.807, 2.05) is 4.68 Å². The lowest BCUT2D eigenvalue weighted by Crippen LogP contribution is -2.34. The van der Waals surface area contributed by atoms with Crippen LogP contribution in [0.1, 0.15) is 45.0 Å². The van der Waals surface area contributed by atoms with Crippen LogP contribution in [0.4, 0.5) is 0 Å². The highest BCUT2D eigenvalue weighted by atomic mass is 16.5. The van der Waals surface area contributed by atoms with Crippen LogP contribution in [-0.2, 0) is 11.2 Å². The Morgan fingerprint density at radius 1 is 1.61 bits per heavy atom. The zero-order valence-corrected chi connectivity index (χ0v) is 10.8. The van der Waals surface area contributed by atoms with E-state index in [9.17, 15) is 5.26 Å². The van der Waals surface area contributed by atoms with Crippen molar-refractivity contribution in [3.05, 3.63) is 12.2 Å². The molecule has 0 aliphatic carbocycles. The first-order chi connectivity index (χ1) is 8.64. The molecule has 96 valence electrons. The molecule has 3 rings (SSSR count). The van der Waals surface area contributed by atoms with Gasteiger partial charge in [-0.25, -0.2) is 9.67 Å². The van der Waals surface area contributed by atoms with E-state index < -0.39 is 0 Å². The molecule has 3 atom stereocenters. The SMILES string of the molecule is CC(C)n1ncnc1CC1(C#N)CC2CCC1O2. The van der Waals surface area contributed by atoms with Gasteiger partial charge in [0.1, 0.15) is 12.2 Å². The topological polar surface area (TPSA) is 63.7 Å². The fourth-order valence-electron chi connectivity index (χ4n) is 3.26. The van der Waals surface area contributed by atoms with Gasteiger partial charge >= 0.3 is 0 Å². The molecule has 2 saturated heterocycles. The van der Waals surface area contributed by atoms with Gasteiger partial charge in [0.15, 0.2) is 0 Å². The predicted molar refractivity (Wildman–Crippen MR) is 64.7 cm³/mol. The standard InChI is InChI=1S/C13H18N4O/c1-9(2)17-12(15-8-16-17)6-13(7-14)5-10-3-4-11(13)18-10/h8-11H,3-6H2,1-2H3. The maximum absolute atomic E-state index is 9.58. The normalized spacial score (nSPS) is 34.1. The van der Waals surface area contributed by atoms with Gasteiger partial charge in [0, 0.05) is 12.5 Å². The van der Waals surface area contributed by atoms with Crippen LogP contribution >= 0.6 is 0 Å². The van der Waals surface area contributed by atoms with Crippen LogP contribution < -0.4 is 0 Å². The predicted octanol–water partition coefficient (Wildman–Crippen LogP) is 1.86.